The fourth-order valence-corrected chi connectivity index (χ4v) is 3.74. The maximum Gasteiger partial charge on any atom is 0.333 e. The summed E-state index contributed by atoms with van der Waals surface area (Å²) in [5.74, 6) is -0.212. The molecule has 2 N–H and O–H groups in total. The number of allylic oxidation sites excluding steroid dienone is 1. The highest BCUT2D eigenvalue weighted by Gasteiger charge is 2.12. The predicted octanol–water partition coefficient (Wildman–Crippen LogP) is 3.30. The molecule has 148 valence electrons. The molecule has 6 heteroatoms. The topological polar surface area (TPSA) is 84.0 Å². The van der Waals surface area contributed by atoms with E-state index in [0.29, 0.717) is 28.7 Å². The summed E-state index contributed by atoms with van der Waals surface area (Å²) in [7, 11) is 0. The summed E-state index contributed by atoms with van der Waals surface area (Å²) in [6, 6.07) is 13.5. The Kier molecular flexibility index (Phi) is 5.42. The number of benzene rings is 2. The zero-order valence-corrected chi connectivity index (χ0v) is 16.1. The van der Waals surface area contributed by atoms with Crippen molar-refractivity contribution < 1.29 is 4.79 Å². The average Bonchev–Trinajstić information content (AvgIpc) is 2.75. The normalized spacial score (nSPS) is 13.9. The molecule has 1 heterocycles. The number of nitrogens with zero attached hydrogens (tertiary/aromatic N) is 1. The third kappa shape index (κ3) is 4.06. The van der Waals surface area contributed by atoms with Gasteiger partial charge in [0.15, 0.2) is 0 Å². The molecule has 3 aromatic rings. The Morgan fingerprint density at radius 1 is 1.07 bits per heavy atom. The molecule has 1 aliphatic carbocycles. The third-order valence-electron chi connectivity index (χ3n) is 5.29. The van der Waals surface area contributed by atoms with Crippen LogP contribution in [0.25, 0.3) is 16.6 Å². The van der Waals surface area contributed by atoms with Crippen molar-refractivity contribution in [1.82, 2.24) is 14.9 Å². The summed E-state index contributed by atoms with van der Waals surface area (Å²) < 4.78 is 1.10. The lowest BCUT2D eigenvalue weighted by molar-refractivity contribution is 0.0954. The van der Waals surface area contributed by atoms with Crippen molar-refractivity contribution >= 4 is 16.8 Å². The number of hydrogen-bond donors (Lipinski definition) is 2. The summed E-state index contributed by atoms with van der Waals surface area (Å²) in [4.78, 5) is 40.5. The smallest absolute Gasteiger partial charge is 0.333 e. The molecule has 29 heavy (non-hydrogen) atoms. The van der Waals surface area contributed by atoms with E-state index in [-0.39, 0.29) is 5.91 Å². The number of para-hydroxylation sites is 1. The molecule has 2 aromatic carbocycles. The summed E-state index contributed by atoms with van der Waals surface area (Å²) in [6.07, 6.45) is 7.84. The molecule has 6 nitrogen and oxygen atoms in total. The Balaban J connectivity index is 1.56. The van der Waals surface area contributed by atoms with Crippen molar-refractivity contribution in [3.05, 3.63) is 86.6 Å². The number of carbonyl (C=O) groups is 1. The van der Waals surface area contributed by atoms with Crippen LogP contribution in [0.5, 0.6) is 0 Å². The maximum absolute atomic E-state index is 12.8. The Hall–Kier alpha value is -3.41. The predicted molar refractivity (Wildman–Crippen MR) is 114 cm³/mol. The zero-order valence-electron chi connectivity index (χ0n) is 16.1. The van der Waals surface area contributed by atoms with E-state index in [9.17, 15) is 14.4 Å². The van der Waals surface area contributed by atoms with Crippen LogP contribution in [0.15, 0.2) is 69.8 Å². The number of aromatic amines is 1. The second-order valence-electron chi connectivity index (χ2n) is 7.28. The molecular weight excluding hydrogens is 366 g/mol. The van der Waals surface area contributed by atoms with Crippen molar-refractivity contribution in [3.8, 4) is 5.69 Å². The molecule has 1 aromatic heterocycles. The van der Waals surface area contributed by atoms with Gasteiger partial charge in [0, 0.05) is 12.1 Å². The molecule has 4 rings (SSSR count). The van der Waals surface area contributed by atoms with Crippen LogP contribution in [0.3, 0.4) is 0 Å². The van der Waals surface area contributed by atoms with E-state index in [1.54, 1.807) is 42.5 Å². The number of aromatic nitrogens is 2. The highest BCUT2D eigenvalue weighted by Crippen LogP contribution is 2.19. The van der Waals surface area contributed by atoms with Gasteiger partial charge < -0.3 is 10.3 Å². The second kappa shape index (κ2) is 8.31. The molecule has 0 aliphatic heterocycles. The lowest BCUT2D eigenvalue weighted by Crippen LogP contribution is -2.33. The number of carbonyl (C=O) groups excluding carboxylic acids is 1. The van der Waals surface area contributed by atoms with Gasteiger partial charge in [0.1, 0.15) is 0 Å². The number of hydrogen-bond acceptors (Lipinski definition) is 3. The van der Waals surface area contributed by atoms with E-state index >= 15 is 0 Å². The van der Waals surface area contributed by atoms with E-state index in [2.05, 4.69) is 16.4 Å². The molecule has 0 radical (unpaired) electrons. The van der Waals surface area contributed by atoms with Crippen molar-refractivity contribution in [2.75, 3.05) is 6.54 Å². The third-order valence-corrected chi connectivity index (χ3v) is 5.29. The number of nitrogens with one attached hydrogen (secondary N) is 2. The van der Waals surface area contributed by atoms with E-state index in [1.165, 1.54) is 18.4 Å². The molecule has 0 saturated heterocycles. The van der Waals surface area contributed by atoms with Crippen molar-refractivity contribution in [2.45, 2.75) is 32.1 Å². The first kappa shape index (κ1) is 18.9. The quantitative estimate of drug-likeness (QED) is 0.657. The molecule has 1 amide bonds. The minimum absolute atomic E-state index is 0.212. The Labute approximate surface area is 167 Å². The van der Waals surface area contributed by atoms with Gasteiger partial charge in [-0.05, 0) is 62.4 Å². The van der Waals surface area contributed by atoms with Crippen LogP contribution in [-0.2, 0) is 0 Å². The van der Waals surface area contributed by atoms with Gasteiger partial charge in [-0.15, -0.1) is 0 Å². The molecule has 0 fully saturated rings. The van der Waals surface area contributed by atoms with Gasteiger partial charge in [-0.3, -0.25) is 9.59 Å². The van der Waals surface area contributed by atoms with Crippen molar-refractivity contribution in [1.29, 1.82) is 0 Å². The van der Waals surface area contributed by atoms with Crippen LogP contribution in [0.2, 0.25) is 0 Å². The molecule has 0 atom stereocenters. The first-order valence-electron chi connectivity index (χ1n) is 9.94. The van der Waals surface area contributed by atoms with Crippen LogP contribution < -0.4 is 16.6 Å². The first-order chi connectivity index (χ1) is 14.1. The van der Waals surface area contributed by atoms with Crippen LogP contribution in [-0.4, -0.2) is 22.0 Å². The molecule has 0 bridgehead atoms. The van der Waals surface area contributed by atoms with Crippen LogP contribution in [0.1, 0.15) is 42.5 Å². The van der Waals surface area contributed by atoms with E-state index < -0.39 is 11.2 Å². The van der Waals surface area contributed by atoms with Gasteiger partial charge in [-0.25, -0.2) is 9.36 Å². The standard InChI is InChI=1S/C23H23N3O3/c27-21(24-14-13-16-7-3-1-4-8-16)17-11-12-19-20(15-17)25-23(29)26(22(19)28)18-9-5-2-6-10-18/h2,5-7,9-12,15H,1,3-4,8,13-14H2,(H,24,27)(H,25,29). The first-order valence-corrected chi connectivity index (χ1v) is 9.94. The van der Waals surface area contributed by atoms with Gasteiger partial charge in [-0.1, -0.05) is 29.8 Å². The minimum Gasteiger partial charge on any atom is -0.352 e. The van der Waals surface area contributed by atoms with Gasteiger partial charge in [0.25, 0.3) is 11.5 Å². The molecule has 0 spiro atoms. The van der Waals surface area contributed by atoms with E-state index in [4.69, 9.17) is 0 Å². The Morgan fingerprint density at radius 3 is 2.66 bits per heavy atom. The van der Waals surface area contributed by atoms with Gasteiger partial charge in [0.2, 0.25) is 0 Å². The summed E-state index contributed by atoms with van der Waals surface area (Å²) in [5, 5.41) is 3.28. The van der Waals surface area contributed by atoms with Crippen LogP contribution >= 0.6 is 0 Å². The lowest BCUT2D eigenvalue weighted by atomic mass is 9.97. The number of amides is 1. The summed E-state index contributed by atoms with van der Waals surface area (Å²) in [5.41, 5.74) is 1.74. The molecular formula is C23H23N3O3. The Morgan fingerprint density at radius 2 is 1.90 bits per heavy atom. The molecule has 0 unspecified atom stereocenters. The van der Waals surface area contributed by atoms with Gasteiger partial charge in [0.05, 0.1) is 16.6 Å². The van der Waals surface area contributed by atoms with Crippen LogP contribution in [0, 0.1) is 0 Å². The number of fused-ring (bicyclic) bond motifs is 1. The highest BCUT2D eigenvalue weighted by atomic mass is 16.2. The second-order valence-corrected chi connectivity index (χ2v) is 7.28. The van der Waals surface area contributed by atoms with Crippen molar-refractivity contribution in [2.24, 2.45) is 0 Å². The maximum atomic E-state index is 12.8. The monoisotopic (exact) mass is 389 g/mol. The number of rotatable bonds is 5. The molecule has 1 aliphatic rings. The van der Waals surface area contributed by atoms with E-state index in [1.807, 2.05) is 6.07 Å². The van der Waals surface area contributed by atoms with Gasteiger partial charge in [-0.2, -0.15) is 0 Å². The minimum atomic E-state index is -0.532. The average molecular weight is 389 g/mol. The fourth-order valence-electron chi connectivity index (χ4n) is 3.74. The van der Waals surface area contributed by atoms with Crippen molar-refractivity contribution in [3.63, 3.8) is 0 Å². The molecule has 0 saturated carbocycles. The summed E-state index contributed by atoms with van der Waals surface area (Å²) >= 11 is 0. The summed E-state index contributed by atoms with van der Waals surface area (Å²) in [6.45, 7) is 0.578. The number of H-pyrrole nitrogens is 1. The largest absolute Gasteiger partial charge is 0.352 e. The Bertz CT molecular complexity index is 1190. The lowest BCUT2D eigenvalue weighted by Gasteiger charge is -2.13. The van der Waals surface area contributed by atoms with E-state index in [0.717, 1.165) is 23.8 Å². The highest BCUT2D eigenvalue weighted by molar-refractivity contribution is 5.97. The van der Waals surface area contributed by atoms with Crippen LogP contribution in [0.4, 0.5) is 0 Å². The fraction of sp³-hybridized carbons (Fsp3) is 0.261. The van der Waals surface area contributed by atoms with Gasteiger partial charge >= 0.3 is 5.69 Å². The zero-order chi connectivity index (χ0) is 20.2. The SMILES string of the molecule is O=C(NCCC1=CCCCC1)c1ccc2c(=O)n(-c3ccccc3)c(=O)[nH]c2c1.